The summed E-state index contributed by atoms with van der Waals surface area (Å²) in [4.78, 5) is 40.6. The van der Waals surface area contributed by atoms with Gasteiger partial charge in [0.05, 0.1) is 17.7 Å². The van der Waals surface area contributed by atoms with Crippen LogP contribution in [0, 0.1) is 0 Å². The minimum absolute atomic E-state index is 0.00220. The van der Waals surface area contributed by atoms with E-state index in [1.165, 1.54) is 0 Å². The van der Waals surface area contributed by atoms with Gasteiger partial charge in [-0.2, -0.15) is 5.01 Å². The van der Waals surface area contributed by atoms with Crippen molar-refractivity contribution in [1.29, 1.82) is 0 Å². The summed E-state index contributed by atoms with van der Waals surface area (Å²) < 4.78 is 2.83. The summed E-state index contributed by atoms with van der Waals surface area (Å²) in [6, 6.07) is 13.5. The molecule has 3 aromatic carbocycles. The summed E-state index contributed by atoms with van der Waals surface area (Å²) in [5.74, 6) is -1.75. The highest BCUT2D eigenvalue weighted by atomic mass is 79.9. The highest BCUT2D eigenvalue weighted by Gasteiger charge is 2.45. The van der Waals surface area contributed by atoms with Gasteiger partial charge in [-0.1, -0.05) is 39.7 Å². The Labute approximate surface area is 236 Å². The van der Waals surface area contributed by atoms with Gasteiger partial charge in [-0.25, -0.2) is 5.01 Å². The van der Waals surface area contributed by atoms with Gasteiger partial charge in [0.15, 0.2) is 0 Å². The number of hydrogen-bond acceptors (Lipinski definition) is 3. The molecular formula is C22H10Br5ClN2O3. The molecule has 1 heterocycles. The van der Waals surface area contributed by atoms with Crippen LogP contribution in [-0.4, -0.2) is 27.7 Å². The van der Waals surface area contributed by atoms with E-state index < -0.39 is 17.7 Å². The van der Waals surface area contributed by atoms with Crippen molar-refractivity contribution in [2.45, 2.75) is 6.54 Å². The molecule has 0 radical (unpaired) electrons. The number of carbonyl (C=O) groups is 3. The van der Waals surface area contributed by atoms with Crippen molar-refractivity contribution in [3.05, 3.63) is 98.2 Å². The molecule has 3 amide bonds. The summed E-state index contributed by atoms with van der Waals surface area (Å²) in [6.45, 7) is -0.00220. The third kappa shape index (κ3) is 4.62. The van der Waals surface area contributed by atoms with Crippen molar-refractivity contribution in [3.8, 4) is 0 Å². The topological polar surface area (TPSA) is 57.7 Å². The number of imide groups is 1. The molecule has 0 atom stereocenters. The lowest BCUT2D eigenvalue weighted by Crippen LogP contribution is -2.49. The smallest absolute Gasteiger partial charge is 0.267 e. The molecule has 0 N–H and O–H groups in total. The monoisotopic (exact) mass is 780 g/mol. The van der Waals surface area contributed by atoms with Gasteiger partial charge in [0.25, 0.3) is 17.7 Å². The van der Waals surface area contributed by atoms with Crippen LogP contribution in [0.15, 0.2) is 70.9 Å². The minimum Gasteiger partial charge on any atom is -0.267 e. The van der Waals surface area contributed by atoms with Gasteiger partial charge < -0.3 is 0 Å². The fourth-order valence-corrected chi connectivity index (χ4v) is 6.14. The van der Waals surface area contributed by atoms with Gasteiger partial charge in [-0.3, -0.25) is 14.4 Å². The van der Waals surface area contributed by atoms with Crippen LogP contribution in [0.2, 0.25) is 5.02 Å². The molecule has 4 rings (SSSR count). The molecule has 0 fully saturated rings. The molecule has 168 valence electrons. The fourth-order valence-electron chi connectivity index (χ4n) is 3.29. The summed E-state index contributed by atoms with van der Waals surface area (Å²) in [6.07, 6.45) is 0. The van der Waals surface area contributed by atoms with Crippen molar-refractivity contribution < 1.29 is 14.4 Å². The zero-order chi connectivity index (χ0) is 24.0. The molecule has 0 spiro atoms. The van der Waals surface area contributed by atoms with Crippen LogP contribution in [-0.2, 0) is 6.54 Å². The molecule has 5 nitrogen and oxygen atoms in total. The number of nitrogens with zero attached hydrogens (tertiary/aromatic N) is 2. The first-order valence-corrected chi connectivity index (χ1v) is 13.5. The second-order valence-corrected chi connectivity index (χ2v) is 11.4. The molecule has 3 aromatic rings. The van der Waals surface area contributed by atoms with E-state index in [1.807, 2.05) is 24.3 Å². The molecule has 0 saturated heterocycles. The maximum Gasteiger partial charge on any atom is 0.282 e. The molecule has 0 unspecified atom stereocenters. The van der Waals surface area contributed by atoms with E-state index in [9.17, 15) is 14.4 Å². The lowest BCUT2D eigenvalue weighted by Gasteiger charge is -2.30. The van der Waals surface area contributed by atoms with Crippen LogP contribution in [0.4, 0.5) is 0 Å². The number of halogens is 6. The van der Waals surface area contributed by atoms with Crippen molar-refractivity contribution >= 4 is 109 Å². The number of amides is 3. The van der Waals surface area contributed by atoms with Crippen LogP contribution in [0.5, 0.6) is 0 Å². The first-order chi connectivity index (χ1) is 15.6. The van der Waals surface area contributed by atoms with Crippen LogP contribution in [0.1, 0.15) is 36.6 Å². The summed E-state index contributed by atoms with van der Waals surface area (Å²) in [5, 5.41) is 2.50. The number of carbonyl (C=O) groups excluding carboxylic acids is 3. The second kappa shape index (κ2) is 9.91. The van der Waals surface area contributed by atoms with Crippen LogP contribution >= 0.6 is 91.3 Å². The van der Waals surface area contributed by atoms with Gasteiger partial charge in [0.1, 0.15) is 0 Å². The summed E-state index contributed by atoms with van der Waals surface area (Å²) in [5.41, 5.74) is 1.34. The summed E-state index contributed by atoms with van der Waals surface area (Å²) >= 11 is 23.0. The molecule has 11 heteroatoms. The number of fused-ring (bicyclic) bond motifs is 1. The number of hydrogen-bond donors (Lipinski definition) is 0. The third-order valence-corrected chi connectivity index (χ3v) is 10.4. The van der Waals surface area contributed by atoms with E-state index in [0.717, 1.165) is 20.1 Å². The number of hydrazine groups is 1. The maximum atomic E-state index is 13.5. The molecule has 33 heavy (non-hydrogen) atoms. The zero-order valence-corrected chi connectivity index (χ0v) is 24.9. The minimum atomic E-state index is -0.616. The van der Waals surface area contributed by atoms with E-state index in [1.54, 1.807) is 24.3 Å². The van der Waals surface area contributed by atoms with E-state index in [4.69, 9.17) is 11.6 Å². The Morgan fingerprint density at radius 3 is 1.73 bits per heavy atom. The first kappa shape index (κ1) is 25.1. The molecule has 0 bridgehead atoms. The lowest BCUT2D eigenvalue weighted by atomic mass is 10.1. The van der Waals surface area contributed by atoms with E-state index >= 15 is 0 Å². The third-order valence-electron chi connectivity index (χ3n) is 4.89. The van der Waals surface area contributed by atoms with Crippen molar-refractivity contribution in [2.24, 2.45) is 0 Å². The molecule has 0 aromatic heterocycles. The van der Waals surface area contributed by atoms with Gasteiger partial charge in [-0.15, -0.1) is 0 Å². The molecule has 1 aliphatic heterocycles. The van der Waals surface area contributed by atoms with Crippen molar-refractivity contribution in [3.63, 3.8) is 0 Å². The van der Waals surface area contributed by atoms with Gasteiger partial charge >= 0.3 is 0 Å². The average molecular weight is 785 g/mol. The molecule has 0 saturated carbocycles. The zero-order valence-electron chi connectivity index (χ0n) is 16.2. The predicted molar refractivity (Wildman–Crippen MR) is 143 cm³/mol. The normalized spacial score (nSPS) is 12.8. The standard InChI is InChI=1S/C22H10Br5ClN2O3/c23-12-5-1-10(2-6-12)9-29(20(31)11-3-7-13(28)8-4-11)30-21(32)14-15(22(30)33)17(25)19(27)18(26)16(14)24/h1-8H,9H2. The molecule has 1 aliphatic rings. The molecule has 0 aliphatic carbocycles. The fraction of sp³-hybridized carbons (Fsp3) is 0.0455. The number of rotatable bonds is 4. The Bertz CT molecular complexity index is 1270. The highest BCUT2D eigenvalue weighted by molar-refractivity contribution is 9.15. The quantitative estimate of drug-likeness (QED) is 0.153. The van der Waals surface area contributed by atoms with Gasteiger partial charge in [0, 0.05) is 32.9 Å². The van der Waals surface area contributed by atoms with Crippen LogP contribution in [0.3, 0.4) is 0 Å². The molecular weight excluding hydrogens is 775 g/mol. The first-order valence-electron chi connectivity index (χ1n) is 9.18. The van der Waals surface area contributed by atoms with E-state index in [-0.39, 0.29) is 23.2 Å². The Hall–Kier alpha value is -1.04. The van der Waals surface area contributed by atoms with Crippen LogP contribution < -0.4 is 0 Å². The Balaban J connectivity index is 1.83. The summed E-state index contributed by atoms with van der Waals surface area (Å²) in [7, 11) is 0. The number of benzene rings is 3. The lowest BCUT2D eigenvalue weighted by molar-refractivity contribution is 0.000821. The maximum absolute atomic E-state index is 13.5. The second-order valence-electron chi connectivity index (χ2n) is 6.92. The van der Waals surface area contributed by atoms with Gasteiger partial charge in [0.2, 0.25) is 0 Å². The van der Waals surface area contributed by atoms with Gasteiger partial charge in [-0.05, 0) is 106 Å². The Kier molecular flexibility index (Phi) is 7.53. The SMILES string of the molecule is O=C(c1ccc(Cl)cc1)N(Cc1ccc(Br)cc1)N1C(=O)c2c(Br)c(Br)c(Br)c(Br)c2C1=O. The van der Waals surface area contributed by atoms with Crippen LogP contribution in [0.25, 0.3) is 0 Å². The van der Waals surface area contributed by atoms with Crippen molar-refractivity contribution in [1.82, 2.24) is 10.0 Å². The Morgan fingerprint density at radius 2 is 1.24 bits per heavy atom. The van der Waals surface area contributed by atoms with Crippen molar-refractivity contribution in [2.75, 3.05) is 0 Å². The predicted octanol–water partition coefficient (Wildman–Crippen LogP) is 8.01. The largest absolute Gasteiger partial charge is 0.282 e. The highest BCUT2D eigenvalue weighted by Crippen LogP contribution is 2.45. The van der Waals surface area contributed by atoms with E-state index in [0.29, 0.717) is 22.9 Å². The van der Waals surface area contributed by atoms with E-state index in [2.05, 4.69) is 79.6 Å². The Morgan fingerprint density at radius 1 is 0.758 bits per heavy atom. The average Bonchev–Trinajstić information content (AvgIpc) is 3.06.